The SMILES string of the molecule is CC(O)/C=C/C1(C)C2CCC(C2)C1C. The average Bonchev–Trinajstić information content (AvgIpc) is 2.68. The third-order valence-corrected chi connectivity index (χ3v) is 4.77. The molecule has 1 heteroatoms. The summed E-state index contributed by atoms with van der Waals surface area (Å²) in [6, 6.07) is 0. The molecule has 0 radical (unpaired) electrons. The number of fused-ring (bicyclic) bond motifs is 2. The van der Waals surface area contributed by atoms with Crippen molar-refractivity contribution in [1.29, 1.82) is 0 Å². The molecule has 0 aromatic heterocycles. The molecule has 2 saturated carbocycles. The van der Waals surface area contributed by atoms with Crippen LogP contribution in [0.4, 0.5) is 0 Å². The molecule has 14 heavy (non-hydrogen) atoms. The first-order valence-electron chi connectivity index (χ1n) is 5.91. The van der Waals surface area contributed by atoms with Crippen LogP contribution in [0.1, 0.15) is 40.0 Å². The van der Waals surface area contributed by atoms with Crippen LogP contribution in [0.2, 0.25) is 0 Å². The van der Waals surface area contributed by atoms with Crippen molar-refractivity contribution < 1.29 is 5.11 Å². The molecule has 0 amide bonds. The minimum atomic E-state index is -0.293. The van der Waals surface area contributed by atoms with E-state index in [0.717, 1.165) is 17.8 Å². The molecule has 1 N–H and O–H groups in total. The van der Waals surface area contributed by atoms with Crippen LogP contribution >= 0.6 is 0 Å². The van der Waals surface area contributed by atoms with Crippen molar-refractivity contribution in [1.82, 2.24) is 0 Å². The molecule has 2 rings (SSSR count). The van der Waals surface area contributed by atoms with Crippen LogP contribution in [-0.2, 0) is 0 Å². The molecule has 5 unspecified atom stereocenters. The van der Waals surface area contributed by atoms with Gasteiger partial charge in [0.2, 0.25) is 0 Å². The van der Waals surface area contributed by atoms with Gasteiger partial charge in [-0.15, -0.1) is 0 Å². The molecule has 2 fully saturated rings. The predicted octanol–water partition coefficient (Wildman–Crippen LogP) is 3.00. The second-order valence-corrected chi connectivity index (χ2v) is 5.52. The summed E-state index contributed by atoms with van der Waals surface area (Å²) in [5.41, 5.74) is 0.361. The molecular formula is C13H22O. The van der Waals surface area contributed by atoms with Gasteiger partial charge in [0, 0.05) is 0 Å². The zero-order valence-electron chi connectivity index (χ0n) is 9.53. The van der Waals surface area contributed by atoms with Gasteiger partial charge >= 0.3 is 0 Å². The maximum atomic E-state index is 9.30. The van der Waals surface area contributed by atoms with Crippen LogP contribution in [0, 0.1) is 23.2 Å². The van der Waals surface area contributed by atoms with Crippen LogP contribution in [0.15, 0.2) is 12.2 Å². The Kier molecular flexibility index (Phi) is 2.46. The topological polar surface area (TPSA) is 20.2 Å². The lowest BCUT2D eigenvalue weighted by Gasteiger charge is -2.37. The van der Waals surface area contributed by atoms with Crippen molar-refractivity contribution in [3.63, 3.8) is 0 Å². The van der Waals surface area contributed by atoms with Gasteiger partial charge in [-0.3, -0.25) is 0 Å². The Labute approximate surface area is 87.2 Å². The van der Waals surface area contributed by atoms with Crippen molar-refractivity contribution >= 4 is 0 Å². The number of rotatable bonds is 2. The molecule has 2 aliphatic carbocycles. The summed E-state index contributed by atoms with van der Waals surface area (Å²) in [4.78, 5) is 0. The van der Waals surface area contributed by atoms with Gasteiger partial charge in [0.1, 0.15) is 0 Å². The number of hydrogen-bond donors (Lipinski definition) is 1. The van der Waals surface area contributed by atoms with E-state index < -0.39 is 0 Å². The van der Waals surface area contributed by atoms with Gasteiger partial charge in [-0.2, -0.15) is 0 Å². The fourth-order valence-electron chi connectivity index (χ4n) is 3.55. The highest BCUT2D eigenvalue weighted by atomic mass is 16.3. The Morgan fingerprint density at radius 3 is 2.64 bits per heavy atom. The van der Waals surface area contributed by atoms with Gasteiger partial charge in [0.25, 0.3) is 0 Å². The minimum absolute atomic E-state index is 0.293. The Bertz CT molecular complexity index is 240. The van der Waals surface area contributed by atoms with Crippen LogP contribution < -0.4 is 0 Å². The Morgan fingerprint density at radius 1 is 1.43 bits per heavy atom. The van der Waals surface area contributed by atoms with Gasteiger partial charge in [-0.05, 0) is 49.4 Å². The molecule has 0 spiro atoms. The standard InChI is InChI=1S/C13H22O/c1-9(14)6-7-13(3)10(2)11-4-5-12(13)8-11/h6-7,9-12,14H,4-5,8H2,1-3H3/b7-6+. The summed E-state index contributed by atoms with van der Waals surface area (Å²) < 4.78 is 0. The normalized spacial score (nSPS) is 49.0. The molecule has 1 nitrogen and oxygen atoms in total. The van der Waals surface area contributed by atoms with E-state index in [2.05, 4.69) is 19.9 Å². The maximum absolute atomic E-state index is 9.30. The molecule has 0 saturated heterocycles. The van der Waals surface area contributed by atoms with Crippen LogP contribution in [0.5, 0.6) is 0 Å². The van der Waals surface area contributed by atoms with E-state index in [1.54, 1.807) is 0 Å². The van der Waals surface area contributed by atoms with Crippen molar-refractivity contribution in [3.05, 3.63) is 12.2 Å². The van der Waals surface area contributed by atoms with Crippen molar-refractivity contribution in [3.8, 4) is 0 Å². The van der Waals surface area contributed by atoms with E-state index in [0.29, 0.717) is 5.41 Å². The minimum Gasteiger partial charge on any atom is -0.389 e. The van der Waals surface area contributed by atoms with Crippen molar-refractivity contribution in [2.45, 2.75) is 46.1 Å². The van der Waals surface area contributed by atoms with Gasteiger partial charge < -0.3 is 5.11 Å². The molecule has 80 valence electrons. The first-order valence-corrected chi connectivity index (χ1v) is 5.91. The van der Waals surface area contributed by atoms with E-state index in [-0.39, 0.29) is 6.10 Å². The Hall–Kier alpha value is -0.300. The number of aliphatic hydroxyl groups excluding tert-OH is 1. The zero-order valence-corrected chi connectivity index (χ0v) is 9.53. The van der Waals surface area contributed by atoms with E-state index in [1.807, 2.05) is 13.0 Å². The number of allylic oxidation sites excluding steroid dienone is 1. The lowest BCUT2D eigenvalue weighted by Crippen LogP contribution is -2.30. The molecule has 0 aromatic carbocycles. The van der Waals surface area contributed by atoms with Crippen molar-refractivity contribution in [2.24, 2.45) is 23.2 Å². The molecule has 2 bridgehead atoms. The Balaban J connectivity index is 2.15. The highest BCUT2D eigenvalue weighted by Gasteiger charge is 2.51. The first-order chi connectivity index (χ1) is 6.54. The Morgan fingerprint density at radius 2 is 2.14 bits per heavy atom. The lowest BCUT2D eigenvalue weighted by atomic mass is 9.68. The average molecular weight is 194 g/mol. The summed E-state index contributed by atoms with van der Waals surface area (Å²) >= 11 is 0. The quantitative estimate of drug-likeness (QED) is 0.670. The van der Waals surface area contributed by atoms with Gasteiger partial charge in [0.05, 0.1) is 6.10 Å². The van der Waals surface area contributed by atoms with Gasteiger partial charge in [0.15, 0.2) is 0 Å². The molecule has 5 atom stereocenters. The van der Waals surface area contributed by atoms with E-state index in [4.69, 9.17) is 0 Å². The van der Waals surface area contributed by atoms with Crippen LogP contribution in [-0.4, -0.2) is 11.2 Å². The predicted molar refractivity (Wildman–Crippen MR) is 58.9 cm³/mol. The van der Waals surface area contributed by atoms with Crippen LogP contribution in [0.25, 0.3) is 0 Å². The van der Waals surface area contributed by atoms with E-state index in [1.165, 1.54) is 19.3 Å². The molecule has 0 heterocycles. The summed E-state index contributed by atoms with van der Waals surface area (Å²) in [5, 5.41) is 9.30. The monoisotopic (exact) mass is 194 g/mol. The smallest absolute Gasteiger partial charge is 0.0692 e. The highest BCUT2D eigenvalue weighted by Crippen LogP contribution is 2.59. The molecule has 0 aromatic rings. The van der Waals surface area contributed by atoms with Crippen molar-refractivity contribution in [2.75, 3.05) is 0 Å². The third-order valence-electron chi connectivity index (χ3n) is 4.77. The lowest BCUT2D eigenvalue weighted by molar-refractivity contribution is 0.168. The molecular weight excluding hydrogens is 172 g/mol. The third kappa shape index (κ3) is 1.42. The highest BCUT2D eigenvalue weighted by molar-refractivity contribution is 5.12. The van der Waals surface area contributed by atoms with Gasteiger partial charge in [-0.25, -0.2) is 0 Å². The fourth-order valence-corrected chi connectivity index (χ4v) is 3.55. The van der Waals surface area contributed by atoms with Gasteiger partial charge in [-0.1, -0.05) is 26.0 Å². The summed E-state index contributed by atoms with van der Waals surface area (Å²) in [6.45, 7) is 6.59. The van der Waals surface area contributed by atoms with E-state index >= 15 is 0 Å². The maximum Gasteiger partial charge on any atom is 0.0692 e. The second-order valence-electron chi connectivity index (χ2n) is 5.52. The van der Waals surface area contributed by atoms with Crippen LogP contribution in [0.3, 0.4) is 0 Å². The second kappa shape index (κ2) is 3.37. The summed E-state index contributed by atoms with van der Waals surface area (Å²) in [7, 11) is 0. The summed E-state index contributed by atoms with van der Waals surface area (Å²) in [6.07, 6.45) is 8.21. The van der Waals surface area contributed by atoms with E-state index in [9.17, 15) is 5.11 Å². The summed E-state index contributed by atoms with van der Waals surface area (Å²) in [5.74, 6) is 2.62. The fraction of sp³-hybridized carbons (Fsp3) is 0.846. The molecule has 0 aliphatic heterocycles. The number of aliphatic hydroxyl groups is 1. The molecule has 2 aliphatic rings. The number of hydrogen-bond acceptors (Lipinski definition) is 1. The largest absolute Gasteiger partial charge is 0.389 e. The zero-order chi connectivity index (χ0) is 10.3. The first kappa shape index (κ1) is 10.2.